The molecule has 0 radical (unpaired) electrons. The lowest BCUT2D eigenvalue weighted by atomic mass is 10.2. The molecule has 144 valence electrons. The number of aromatic nitrogens is 2. The van der Waals surface area contributed by atoms with Gasteiger partial charge < -0.3 is 5.32 Å². The smallest absolute Gasteiger partial charge is 0.244 e. The summed E-state index contributed by atoms with van der Waals surface area (Å²) in [5.41, 5.74) is 0.445. The van der Waals surface area contributed by atoms with Gasteiger partial charge in [-0.1, -0.05) is 29.8 Å². The highest BCUT2D eigenvalue weighted by Gasteiger charge is 2.26. The number of hydrogen-bond donors (Lipinski definition) is 1. The first kappa shape index (κ1) is 20.1. The Morgan fingerprint density at radius 3 is 2.63 bits per heavy atom. The molecule has 1 saturated heterocycles. The van der Waals surface area contributed by atoms with Crippen molar-refractivity contribution in [1.82, 2.24) is 14.3 Å². The number of carbonyl (C=O) groups is 1. The van der Waals surface area contributed by atoms with E-state index in [2.05, 4.69) is 15.3 Å². The van der Waals surface area contributed by atoms with Crippen molar-refractivity contribution in [3.05, 3.63) is 41.8 Å². The fourth-order valence-corrected chi connectivity index (χ4v) is 4.94. The van der Waals surface area contributed by atoms with Crippen LogP contribution in [0, 0.1) is 0 Å². The third-order valence-corrected chi connectivity index (χ3v) is 7.17. The SMILES string of the molecule is O=C(CSc1ccc(S(=O)(=O)N2CCCCC2)cn1)Nc1cccnc1Cl. The number of halogens is 1. The van der Waals surface area contributed by atoms with E-state index < -0.39 is 10.0 Å². The topological polar surface area (TPSA) is 92.3 Å². The molecule has 1 N–H and O–H groups in total. The second kappa shape index (κ2) is 9.01. The van der Waals surface area contributed by atoms with Gasteiger partial charge in [-0.2, -0.15) is 4.31 Å². The van der Waals surface area contributed by atoms with E-state index in [-0.39, 0.29) is 21.7 Å². The van der Waals surface area contributed by atoms with Gasteiger partial charge in [-0.25, -0.2) is 18.4 Å². The van der Waals surface area contributed by atoms with E-state index in [4.69, 9.17) is 11.6 Å². The molecule has 0 saturated carbocycles. The Morgan fingerprint density at radius 1 is 1.19 bits per heavy atom. The molecule has 0 atom stereocenters. The van der Waals surface area contributed by atoms with Crippen LogP contribution in [0.2, 0.25) is 5.15 Å². The zero-order valence-electron chi connectivity index (χ0n) is 14.5. The molecule has 2 aromatic heterocycles. The zero-order chi connectivity index (χ0) is 19.3. The minimum absolute atomic E-state index is 0.121. The van der Waals surface area contributed by atoms with Crippen molar-refractivity contribution in [3.63, 3.8) is 0 Å². The van der Waals surface area contributed by atoms with Gasteiger partial charge in [0.05, 0.1) is 16.5 Å². The van der Waals surface area contributed by atoms with Gasteiger partial charge in [-0.15, -0.1) is 0 Å². The number of piperidine rings is 1. The van der Waals surface area contributed by atoms with Gasteiger partial charge in [0.25, 0.3) is 0 Å². The van der Waals surface area contributed by atoms with Crippen LogP contribution in [0.4, 0.5) is 5.69 Å². The number of sulfonamides is 1. The van der Waals surface area contributed by atoms with Crippen LogP contribution in [0.5, 0.6) is 0 Å². The van der Waals surface area contributed by atoms with Gasteiger partial charge in [-0.3, -0.25) is 4.79 Å². The fourth-order valence-electron chi connectivity index (χ4n) is 2.66. The molecule has 1 amide bonds. The third kappa shape index (κ3) is 5.19. The van der Waals surface area contributed by atoms with Gasteiger partial charge in [0.1, 0.15) is 4.90 Å². The van der Waals surface area contributed by atoms with E-state index in [0.29, 0.717) is 23.8 Å². The molecular weight excluding hydrogens is 408 g/mol. The number of pyridine rings is 2. The molecule has 2 aromatic rings. The number of nitrogens with one attached hydrogen (secondary N) is 1. The molecule has 1 aliphatic rings. The summed E-state index contributed by atoms with van der Waals surface area (Å²) in [5.74, 6) is -0.127. The van der Waals surface area contributed by atoms with E-state index in [1.807, 2.05) is 0 Å². The lowest BCUT2D eigenvalue weighted by Crippen LogP contribution is -2.35. The first-order valence-electron chi connectivity index (χ1n) is 8.46. The number of carbonyl (C=O) groups excluding carboxylic acids is 1. The molecule has 0 unspecified atom stereocenters. The van der Waals surface area contributed by atoms with Crippen molar-refractivity contribution in [2.75, 3.05) is 24.2 Å². The van der Waals surface area contributed by atoms with E-state index in [0.717, 1.165) is 19.3 Å². The largest absolute Gasteiger partial charge is 0.323 e. The zero-order valence-corrected chi connectivity index (χ0v) is 16.9. The molecule has 3 rings (SSSR count). The van der Waals surface area contributed by atoms with Crippen molar-refractivity contribution in [3.8, 4) is 0 Å². The molecule has 0 spiro atoms. The van der Waals surface area contributed by atoms with Gasteiger partial charge in [0.15, 0.2) is 5.15 Å². The Hall–Kier alpha value is -1.68. The molecule has 3 heterocycles. The highest BCUT2D eigenvalue weighted by Crippen LogP contribution is 2.23. The van der Waals surface area contributed by atoms with Gasteiger partial charge >= 0.3 is 0 Å². The first-order valence-corrected chi connectivity index (χ1v) is 11.3. The molecule has 10 heteroatoms. The van der Waals surface area contributed by atoms with Crippen molar-refractivity contribution in [1.29, 1.82) is 0 Å². The Kier molecular flexibility index (Phi) is 6.69. The average Bonchev–Trinajstić information content (AvgIpc) is 2.69. The standard InChI is InChI=1S/C17H19ClN4O3S2/c18-17-14(5-4-8-19-17)21-15(23)12-26-16-7-6-13(11-20-16)27(24,25)22-9-2-1-3-10-22/h4-8,11H,1-3,9-10,12H2,(H,21,23). The van der Waals surface area contributed by atoms with Crippen molar-refractivity contribution in [2.24, 2.45) is 0 Å². The third-order valence-electron chi connectivity index (χ3n) is 4.05. The van der Waals surface area contributed by atoms with Crippen LogP contribution >= 0.6 is 23.4 Å². The Balaban J connectivity index is 1.57. The summed E-state index contributed by atoms with van der Waals surface area (Å²) in [4.78, 5) is 20.3. The lowest BCUT2D eigenvalue weighted by molar-refractivity contribution is -0.113. The highest BCUT2D eigenvalue weighted by atomic mass is 35.5. The maximum Gasteiger partial charge on any atom is 0.244 e. The maximum absolute atomic E-state index is 12.6. The normalized spacial score (nSPS) is 15.4. The fraction of sp³-hybridized carbons (Fsp3) is 0.353. The molecule has 1 aliphatic heterocycles. The predicted molar refractivity (Wildman–Crippen MR) is 105 cm³/mol. The second-order valence-electron chi connectivity index (χ2n) is 5.98. The van der Waals surface area contributed by atoms with Crippen LogP contribution in [0.15, 0.2) is 46.6 Å². The second-order valence-corrected chi connectivity index (χ2v) is 9.27. The van der Waals surface area contributed by atoms with E-state index in [1.165, 1.54) is 34.5 Å². The van der Waals surface area contributed by atoms with Crippen molar-refractivity contribution in [2.45, 2.75) is 29.2 Å². The van der Waals surface area contributed by atoms with E-state index in [1.54, 1.807) is 18.2 Å². The monoisotopic (exact) mass is 426 g/mol. The molecular formula is C17H19ClN4O3S2. The highest BCUT2D eigenvalue weighted by molar-refractivity contribution is 7.99. The number of rotatable bonds is 6. The van der Waals surface area contributed by atoms with Crippen LogP contribution in [-0.4, -0.2) is 47.4 Å². The quantitative estimate of drug-likeness (QED) is 0.563. The Bertz CT molecular complexity index is 901. The number of hydrogen-bond acceptors (Lipinski definition) is 6. The minimum Gasteiger partial charge on any atom is -0.323 e. The Labute approximate surface area is 167 Å². The van der Waals surface area contributed by atoms with Crippen LogP contribution in [0.1, 0.15) is 19.3 Å². The van der Waals surface area contributed by atoms with Gasteiger partial charge in [0, 0.05) is 25.5 Å². The summed E-state index contributed by atoms with van der Waals surface area (Å²) < 4.78 is 26.7. The Morgan fingerprint density at radius 2 is 1.96 bits per heavy atom. The van der Waals surface area contributed by atoms with E-state index in [9.17, 15) is 13.2 Å². The van der Waals surface area contributed by atoms with Crippen LogP contribution in [0.3, 0.4) is 0 Å². The minimum atomic E-state index is -3.49. The maximum atomic E-state index is 12.6. The van der Waals surface area contributed by atoms with E-state index >= 15 is 0 Å². The summed E-state index contributed by atoms with van der Waals surface area (Å²) in [6.07, 6.45) is 5.72. The summed E-state index contributed by atoms with van der Waals surface area (Å²) in [6, 6.07) is 6.50. The number of thioether (sulfide) groups is 1. The predicted octanol–water partition coefficient (Wildman–Crippen LogP) is 3.04. The number of amides is 1. The van der Waals surface area contributed by atoms with Gasteiger partial charge in [0.2, 0.25) is 15.9 Å². The first-order chi connectivity index (χ1) is 13.0. The van der Waals surface area contributed by atoms with Crippen molar-refractivity contribution >= 4 is 45.0 Å². The lowest BCUT2D eigenvalue weighted by Gasteiger charge is -2.25. The van der Waals surface area contributed by atoms with Gasteiger partial charge in [-0.05, 0) is 37.1 Å². The number of nitrogens with zero attached hydrogens (tertiary/aromatic N) is 3. The van der Waals surface area contributed by atoms with Crippen LogP contribution in [0.25, 0.3) is 0 Å². The molecule has 0 aliphatic carbocycles. The molecule has 0 aromatic carbocycles. The average molecular weight is 427 g/mol. The molecule has 0 bridgehead atoms. The summed E-state index contributed by atoms with van der Waals surface area (Å²) in [6.45, 7) is 1.10. The summed E-state index contributed by atoms with van der Waals surface area (Å²) in [7, 11) is -3.49. The molecule has 27 heavy (non-hydrogen) atoms. The molecule has 1 fully saturated rings. The van der Waals surface area contributed by atoms with Crippen molar-refractivity contribution < 1.29 is 13.2 Å². The molecule has 7 nitrogen and oxygen atoms in total. The van der Waals surface area contributed by atoms with Crippen LogP contribution < -0.4 is 5.32 Å². The van der Waals surface area contributed by atoms with Crippen LogP contribution in [-0.2, 0) is 14.8 Å². The summed E-state index contributed by atoms with van der Waals surface area (Å²) in [5, 5.41) is 3.47. The summed E-state index contributed by atoms with van der Waals surface area (Å²) >= 11 is 7.12. The number of anilines is 1.